The molecule has 16 heteroatoms. The molecule has 0 saturated carbocycles. The number of aliphatic hydroxyl groups excluding tert-OH is 1. The van der Waals surface area contributed by atoms with Crippen LogP contribution in [0, 0.1) is 5.92 Å². The van der Waals surface area contributed by atoms with E-state index in [9.17, 15) is 24.3 Å². The number of likely N-dealkylation sites (N-methyl/N-ethyl adjacent to an activating group) is 1. The highest BCUT2D eigenvalue weighted by Gasteiger charge is 2.63. The molecular formula is C37H53ClN6O9. The number of nitrogens with one attached hydrogen (secondary N) is 1. The molecule has 0 aliphatic carbocycles. The van der Waals surface area contributed by atoms with Crippen LogP contribution in [-0.2, 0) is 39.8 Å². The van der Waals surface area contributed by atoms with Gasteiger partial charge in [0.25, 0.3) is 0 Å². The van der Waals surface area contributed by atoms with Crippen molar-refractivity contribution in [2.75, 3.05) is 39.8 Å². The van der Waals surface area contributed by atoms with Gasteiger partial charge in [-0.3, -0.25) is 14.4 Å². The van der Waals surface area contributed by atoms with Gasteiger partial charge in [0.1, 0.15) is 28.5 Å². The number of allylic oxidation sites excluding steroid dienone is 3. The van der Waals surface area contributed by atoms with Gasteiger partial charge in [-0.1, -0.05) is 47.4 Å². The summed E-state index contributed by atoms with van der Waals surface area (Å²) < 4.78 is 23.5. The smallest absolute Gasteiger partial charge is 0.328 e. The molecule has 3 amide bonds. The summed E-state index contributed by atoms with van der Waals surface area (Å²) in [7, 11) is 6.07. The highest BCUT2D eigenvalue weighted by molar-refractivity contribution is 6.35. The van der Waals surface area contributed by atoms with Gasteiger partial charge in [-0.25, -0.2) is 4.79 Å². The molecule has 1 fully saturated rings. The fourth-order valence-corrected chi connectivity index (χ4v) is 6.81. The number of epoxide rings is 1. The lowest BCUT2D eigenvalue weighted by molar-refractivity contribution is -0.162. The zero-order valence-corrected chi connectivity index (χ0v) is 32.5. The van der Waals surface area contributed by atoms with Crippen LogP contribution in [-0.4, -0.2) is 111 Å². The molecule has 2 aliphatic rings. The van der Waals surface area contributed by atoms with E-state index >= 15 is 0 Å². The summed E-state index contributed by atoms with van der Waals surface area (Å²) in [6.45, 7) is 7.24. The third-order valence-corrected chi connectivity index (χ3v) is 10.5. The van der Waals surface area contributed by atoms with Gasteiger partial charge in [-0.05, 0) is 69.7 Å². The van der Waals surface area contributed by atoms with Crippen molar-refractivity contribution in [1.82, 2.24) is 10.2 Å². The minimum absolute atomic E-state index is 0.116. The number of esters is 1. The van der Waals surface area contributed by atoms with Gasteiger partial charge in [-0.2, -0.15) is 0 Å². The monoisotopic (exact) mass is 760 g/mol. The van der Waals surface area contributed by atoms with Gasteiger partial charge < -0.3 is 39.2 Å². The van der Waals surface area contributed by atoms with E-state index in [4.69, 9.17) is 36.1 Å². The van der Waals surface area contributed by atoms with Gasteiger partial charge in [-0.15, -0.1) is 0 Å². The number of anilines is 1. The van der Waals surface area contributed by atoms with Crippen molar-refractivity contribution in [1.29, 1.82) is 0 Å². The minimum atomic E-state index is -1.20. The van der Waals surface area contributed by atoms with Crippen LogP contribution in [0.25, 0.3) is 10.4 Å². The van der Waals surface area contributed by atoms with Gasteiger partial charge in [0.05, 0.1) is 43.6 Å². The second kappa shape index (κ2) is 19.8. The van der Waals surface area contributed by atoms with Crippen molar-refractivity contribution >= 4 is 41.5 Å². The Labute approximate surface area is 316 Å². The van der Waals surface area contributed by atoms with E-state index < -0.39 is 59.9 Å². The van der Waals surface area contributed by atoms with Crippen molar-refractivity contribution < 1.29 is 43.2 Å². The molecular weight excluding hydrogens is 708 g/mol. The van der Waals surface area contributed by atoms with E-state index in [0.717, 1.165) is 11.1 Å². The Morgan fingerprint density at radius 2 is 2.04 bits per heavy atom. The summed E-state index contributed by atoms with van der Waals surface area (Å²) in [4.78, 5) is 57.6. The number of carbonyl (C=O) groups excluding carboxylic acids is 4. The van der Waals surface area contributed by atoms with E-state index in [0.29, 0.717) is 37.1 Å². The molecule has 292 valence electrons. The molecule has 1 aromatic carbocycles. The average Bonchev–Trinajstić information content (AvgIpc) is 3.83. The summed E-state index contributed by atoms with van der Waals surface area (Å²) in [6.07, 6.45) is 4.18. The molecule has 0 radical (unpaired) electrons. The number of unbranched alkanes of at least 4 members (excludes halogenated alkanes) is 1. The van der Waals surface area contributed by atoms with E-state index in [1.54, 1.807) is 39.1 Å². The second-order valence-corrected chi connectivity index (χ2v) is 14.2. The van der Waals surface area contributed by atoms with Crippen LogP contribution in [0.15, 0.2) is 41.0 Å². The quantitative estimate of drug-likeness (QED) is 0.0579. The minimum Gasteiger partial charge on any atom is -0.495 e. The Bertz CT molecular complexity index is 1580. The average molecular weight is 761 g/mol. The fraction of sp³-hybridized carbons (Fsp3) is 0.622. The number of nitrogens with zero attached hydrogens (tertiary/aromatic N) is 5. The number of aliphatic hydroxyl groups is 1. The number of hydrogen-bond donors (Lipinski definition) is 2. The first-order valence-corrected chi connectivity index (χ1v) is 18.0. The summed E-state index contributed by atoms with van der Waals surface area (Å²) in [6, 6.07) is 2.00. The van der Waals surface area contributed by atoms with Crippen LogP contribution in [0.3, 0.4) is 0 Å². The zero-order valence-electron chi connectivity index (χ0n) is 31.8. The molecule has 2 N–H and O–H groups in total. The predicted octanol–water partition coefficient (Wildman–Crippen LogP) is 4.67. The summed E-state index contributed by atoms with van der Waals surface area (Å²) in [5, 5.41) is 17.9. The van der Waals surface area contributed by atoms with E-state index in [-0.39, 0.29) is 36.7 Å². The van der Waals surface area contributed by atoms with E-state index in [1.807, 2.05) is 19.1 Å². The van der Waals surface area contributed by atoms with Crippen molar-refractivity contribution in [3.05, 3.63) is 57.0 Å². The van der Waals surface area contributed by atoms with Gasteiger partial charge >= 0.3 is 5.97 Å². The summed E-state index contributed by atoms with van der Waals surface area (Å²) >= 11 is 6.74. The number of methoxy groups -OCH3 is 2. The lowest BCUT2D eigenvalue weighted by Gasteiger charge is -2.30. The third-order valence-electron chi connectivity index (χ3n) is 10.2. The first-order chi connectivity index (χ1) is 25.1. The predicted molar refractivity (Wildman–Crippen MR) is 199 cm³/mol. The molecule has 8 atom stereocenters. The van der Waals surface area contributed by atoms with Crippen molar-refractivity contribution in [3.8, 4) is 5.75 Å². The van der Waals surface area contributed by atoms with Gasteiger partial charge in [0.15, 0.2) is 0 Å². The SMILES string of the molecule is COc1cc2cc(c1Cl)N(C)C(=O)CC(OC(=O)[C@H](C)N(C)C(=O)CCCCN=[N+]=[N-])[C@@]1(C)OC1[C@H](C)C(O)CC(NC=O)C(OC)/C=C/C=C(\C)C2. The molecule has 53 heavy (non-hydrogen) atoms. The fourth-order valence-electron chi connectivity index (χ4n) is 6.49. The number of ether oxygens (including phenoxy) is 4. The maximum Gasteiger partial charge on any atom is 0.328 e. The normalized spacial score (nSPS) is 28.6. The van der Waals surface area contributed by atoms with Crippen LogP contribution >= 0.6 is 11.6 Å². The van der Waals surface area contributed by atoms with Crippen LogP contribution in [0.1, 0.15) is 65.4 Å². The van der Waals surface area contributed by atoms with Crippen molar-refractivity contribution in [2.24, 2.45) is 11.0 Å². The van der Waals surface area contributed by atoms with Crippen LogP contribution < -0.4 is 15.0 Å². The molecule has 1 saturated heterocycles. The van der Waals surface area contributed by atoms with Crippen molar-refractivity contribution in [2.45, 2.75) is 108 Å². The summed E-state index contributed by atoms with van der Waals surface area (Å²) in [5.41, 5.74) is 9.45. The van der Waals surface area contributed by atoms with Crippen LogP contribution in [0.4, 0.5) is 5.69 Å². The zero-order chi connectivity index (χ0) is 39.5. The number of amides is 3. The Balaban J connectivity index is 2.01. The molecule has 5 unspecified atom stereocenters. The maximum atomic E-state index is 14.1. The Morgan fingerprint density at radius 3 is 2.68 bits per heavy atom. The lowest BCUT2D eigenvalue weighted by atomic mass is 9.85. The Morgan fingerprint density at radius 1 is 1.32 bits per heavy atom. The highest BCUT2D eigenvalue weighted by Crippen LogP contribution is 2.48. The lowest BCUT2D eigenvalue weighted by Crippen LogP contribution is -2.47. The number of rotatable bonds is 12. The topological polar surface area (TPSA) is 196 Å². The van der Waals surface area contributed by atoms with E-state index in [2.05, 4.69) is 15.3 Å². The molecule has 1 aromatic rings. The summed E-state index contributed by atoms with van der Waals surface area (Å²) in [5.74, 6) is -1.63. The molecule has 2 heterocycles. The molecule has 2 bridgehead atoms. The number of benzene rings is 1. The Kier molecular flexibility index (Phi) is 16.2. The molecule has 15 nitrogen and oxygen atoms in total. The van der Waals surface area contributed by atoms with Gasteiger partial charge in [0, 0.05) is 45.0 Å². The molecule has 0 aromatic heterocycles. The molecule has 0 spiro atoms. The van der Waals surface area contributed by atoms with Gasteiger partial charge in [0.2, 0.25) is 18.2 Å². The number of halogens is 1. The number of azide groups is 1. The maximum absolute atomic E-state index is 14.1. The highest BCUT2D eigenvalue weighted by atomic mass is 35.5. The van der Waals surface area contributed by atoms with Crippen molar-refractivity contribution in [3.63, 3.8) is 0 Å². The molecule has 2 aliphatic heterocycles. The number of carbonyl (C=O) groups is 4. The van der Waals surface area contributed by atoms with Crippen LogP contribution in [0.5, 0.6) is 5.75 Å². The largest absolute Gasteiger partial charge is 0.495 e. The first kappa shape index (κ1) is 43.3. The number of hydrogen-bond acceptors (Lipinski definition) is 10. The standard InChI is InChI=1S/C37H53ClN6O9/c1-22-12-11-13-29(50-7)26(40-21-45)19-28(46)23(2)35-37(4,53-35)31(52-36(49)24(3)43(5)32(47)14-9-10-15-41-42-39)20-33(48)44(6)27-17-25(16-22)18-30(51-8)34(27)38/h11-13,17-18,21,23-24,26,28-29,31,35,46H,9-10,14-16,19-20H2,1-8H3,(H,40,45)/b13-11+,22-12+/t23-,24+,26?,28?,29?,31?,35?,37-/m1/s1. The third kappa shape index (κ3) is 11.2. The van der Waals surface area contributed by atoms with Crippen LogP contribution in [0.2, 0.25) is 5.02 Å². The Hall–Kier alpha value is -4.14. The first-order valence-electron chi connectivity index (χ1n) is 17.7. The number of fused-ring (bicyclic) bond motifs is 3. The second-order valence-electron chi connectivity index (χ2n) is 13.9. The molecule has 3 rings (SSSR count). The van der Waals surface area contributed by atoms with E-state index in [1.165, 1.54) is 38.0 Å².